The number of thiocarbonyl (C=S) groups is 1. The van der Waals surface area contributed by atoms with Crippen LogP contribution in [0.4, 0.5) is 0 Å². The van der Waals surface area contributed by atoms with Crippen molar-refractivity contribution in [2.24, 2.45) is 0 Å². The van der Waals surface area contributed by atoms with Crippen molar-refractivity contribution >= 4 is 28.2 Å². The third-order valence-electron chi connectivity index (χ3n) is 5.41. The largest absolute Gasteiger partial charge is 0.382 e. The summed E-state index contributed by atoms with van der Waals surface area (Å²) in [7, 11) is 0. The summed E-state index contributed by atoms with van der Waals surface area (Å²) in [5, 5.41) is 5.03. The van der Waals surface area contributed by atoms with Crippen molar-refractivity contribution in [2.45, 2.75) is 52.7 Å². The van der Waals surface area contributed by atoms with E-state index in [1.54, 1.807) is 0 Å². The van der Waals surface area contributed by atoms with Crippen LogP contribution < -0.4 is 10.9 Å². The highest BCUT2D eigenvalue weighted by Crippen LogP contribution is 2.19. The first-order valence-corrected chi connectivity index (χ1v) is 11.2. The number of aromatic amines is 1. The molecule has 0 radical (unpaired) electrons. The van der Waals surface area contributed by atoms with Crippen LogP contribution in [-0.2, 0) is 16.0 Å². The average molecular weight is 432 g/mol. The lowest BCUT2D eigenvalue weighted by molar-refractivity contribution is 0.0896. The molecule has 0 amide bonds. The molecule has 164 valence electrons. The molecule has 1 saturated heterocycles. The van der Waals surface area contributed by atoms with Crippen LogP contribution in [0, 0.1) is 13.8 Å². The van der Waals surface area contributed by atoms with Crippen LogP contribution in [0.3, 0.4) is 0 Å². The molecule has 2 N–H and O–H groups in total. The number of nitrogens with zero attached hydrogens (tertiary/aromatic N) is 1. The van der Waals surface area contributed by atoms with Crippen LogP contribution in [0.15, 0.2) is 23.0 Å². The first-order chi connectivity index (χ1) is 14.5. The highest BCUT2D eigenvalue weighted by Gasteiger charge is 2.22. The highest BCUT2D eigenvalue weighted by molar-refractivity contribution is 7.80. The van der Waals surface area contributed by atoms with Crippen molar-refractivity contribution in [3.63, 3.8) is 0 Å². The van der Waals surface area contributed by atoms with E-state index in [1.165, 1.54) is 5.56 Å². The Labute approximate surface area is 183 Å². The van der Waals surface area contributed by atoms with E-state index in [0.29, 0.717) is 30.4 Å². The topological polar surface area (TPSA) is 66.6 Å². The van der Waals surface area contributed by atoms with E-state index in [1.807, 2.05) is 19.9 Å². The molecule has 3 rings (SSSR count). The van der Waals surface area contributed by atoms with Gasteiger partial charge in [-0.2, -0.15) is 0 Å². The second-order valence-electron chi connectivity index (χ2n) is 7.97. The predicted octanol–water partition coefficient (Wildman–Crippen LogP) is 3.43. The summed E-state index contributed by atoms with van der Waals surface area (Å²) >= 11 is 5.67. The van der Waals surface area contributed by atoms with Gasteiger partial charge in [-0.15, -0.1) is 0 Å². The van der Waals surface area contributed by atoms with E-state index in [2.05, 4.69) is 34.3 Å². The smallest absolute Gasteiger partial charge is 0.253 e. The maximum absolute atomic E-state index is 12.8. The number of hydrogen-bond acceptors (Lipinski definition) is 4. The maximum atomic E-state index is 12.8. The van der Waals surface area contributed by atoms with E-state index in [-0.39, 0.29) is 11.7 Å². The summed E-state index contributed by atoms with van der Waals surface area (Å²) in [6.07, 6.45) is 3.13. The Kier molecular flexibility index (Phi) is 8.24. The molecule has 1 aromatic heterocycles. The van der Waals surface area contributed by atoms with E-state index < -0.39 is 0 Å². The van der Waals surface area contributed by atoms with Crippen molar-refractivity contribution in [3.05, 3.63) is 45.2 Å². The van der Waals surface area contributed by atoms with Crippen molar-refractivity contribution in [1.29, 1.82) is 0 Å². The Morgan fingerprint density at radius 3 is 2.93 bits per heavy atom. The first-order valence-electron chi connectivity index (χ1n) is 10.8. The monoisotopic (exact) mass is 431 g/mol. The molecule has 0 saturated carbocycles. The zero-order chi connectivity index (χ0) is 21.5. The molecule has 0 bridgehead atoms. The van der Waals surface area contributed by atoms with Crippen LogP contribution in [0.5, 0.6) is 0 Å². The molecule has 1 aliphatic rings. The van der Waals surface area contributed by atoms with Gasteiger partial charge in [-0.25, -0.2) is 0 Å². The standard InChI is InChI=1S/C23H33N3O3S/c1-4-28-9-6-8-24-23(30)26(15-20-7-5-10-29-20)14-19-13-18-12-16(2)11-17(3)21(18)25-22(19)27/h11-13,20H,4-10,14-15H2,1-3H3,(H,24,30)(H,25,27)/t20-/m1/s1. The first kappa shape index (κ1) is 22.7. The fraction of sp³-hybridized carbons (Fsp3) is 0.565. The van der Waals surface area contributed by atoms with Crippen LogP contribution in [0.1, 0.15) is 42.9 Å². The van der Waals surface area contributed by atoms with Gasteiger partial charge >= 0.3 is 0 Å². The van der Waals surface area contributed by atoms with Crippen molar-refractivity contribution in [2.75, 3.05) is 32.9 Å². The maximum Gasteiger partial charge on any atom is 0.253 e. The Hall–Kier alpha value is -1.96. The van der Waals surface area contributed by atoms with Gasteiger partial charge in [0.1, 0.15) is 0 Å². The van der Waals surface area contributed by atoms with Gasteiger partial charge in [-0.1, -0.05) is 11.6 Å². The van der Waals surface area contributed by atoms with E-state index >= 15 is 0 Å². The van der Waals surface area contributed by atoms with Crippen LogP contribution >= 0.6 is 12.2 Å². The van der Waals surface area contributed by atoms with E-state index in [9.17, 15) is 4.79 Å². The van der Waals surface area contributed by atoms with Crippen LogP contribution in [-0.4, -0.2) is 54.0 Å². The molecule has 2 aromatic rings. The number of ether oxygens (including phenoxy) is 2. The Bertz CT molecular complexity index is 922. The van der Waals surface area contributed by atoms with Gasteiger partial charge in [0.15, 0.2) is 5.11 Å². The van der Waals surface area contributed by atoms with Gasteiger partial charge in [-0.05, 0) is 75.3 Å². The second kappa shape index (κ2) is 10.9. The molecule has 0 aliphatic carbocycles. The molecule has 1 aromatic carbocycles. The number of H-pyrrole nitrogens is 1. The summed E-state index contributed by atoms with van der Waals surface area (Å²) in [5.74, 6) is 0. The number of aryl methyl sites for hydroxylation is 2. The summed E-state index contributed by atoms with van der Waals surface area (Å²) < 4.78 is 11.2. The highest BCUT2D eigenvalue weighted by atomic mass is 32.1. The SMILES string of the molecule is CCOCCCNC(=S)N(Cc1cc2cc(C)cc(C)c2[nH]c1=O)C[C@H]1CCCO1. The minimum absolute atomic E-state index is 0.0639. The zero-order valence-corrected chi connectivity index (χ0v) is 19.1. The van der Waals surface area contributed by atoms with Gasteiger partial charge in [0, 0.05) is 38.5 Å². The van der Waals surface area contributed by atoms with Gasteiger partial charge in [0.25, 0.3) is 5.56 Å². The van der Waals surface area contributed by atoms with E-state index in [4.69, 9.17) is 21.7 Å². The third-order valence-corrected chi connectivity index (χ3v) is 5.82. The summed E-state index contributed by atoms with van der Waals surface area (Å²) in [4.78, 5) is 17.9. The van der Waals surface area contributed by atoms with Gasteiger partial charge in [0.2, 0.25) is 0 Å². The molecule has 30 heavy (non-hydrogen) atoms. The summed E-state index contributed by atoms with van der Waals surface area (Å²) in [5.41, 5.74) is 3.81. The van der Waals surface area contributed by atoms with E-state index in [0.717, 1.165) is 55.5 Å². The lowest BCUT2D eigenvalue weighted by Gasteiger charge is -2.28. The molecular weight excluding hydrogens is 398 g/mol. The molecule has 0 spiro atoms. The molecule has 7 heteroatoms. The Morgan fingerprint density at radius 2 is 2.20 bits per heavy atom. The number of fused-ring (bicyclic) bond motifs is 1. The summed E-state index contributed by atoms with van der Waals surface area (Å²) in [6, 6.07) is 6.19. The number of aromatic nitrogens is 1. The average Bonchev–Trinajstić information content (AvgIpc) is 3.21. The second-order valence-corrected chi connectivity index (χ2v) is 8.35. The molecule has 1 fully saturated rings. The minimum atomic E-state index is -0.0639. The number of nitrogens with one attached hydrogen (secondary N) is 2. The molecular formula is C23H33N3O3S. The van der Waals surface area contributed by atoms with Gasteiger partial charge in [0.05, 0.1) is 18.2 Å². The number of pyridine rings is 1. The zero-order valence-electron chi connectivity index (χ0n) is 18.3. The third kappa shape index (κ3) is 6.03. The van der Waals surface area contributed by atoms with Crippen LogP contribution in [0.25, 0.3) is 10.9 Å². The lowest BCUT2D eigenvalue weighted by Crippen LogP contribution is -2.44. The summed E-state index contributed by atoms with van der Waals surface area (Å²) in [6.45, 7) is 10.2. The normalized spacial score (nSPS) is 16.2. The van der Waals surface area contributed by atoms with Gasteiger partial charge in [-0.3, -0.25) is 4.79 Å². The Morgan fingerprint density at radius 1 is 1.37 bits per heavy atom. The van der Waals surface area contributed by atoms with Gasteiger partial charge < -0.3 is 24.7 Å². The molecule has 6 nitrogen and oxygen atoms in total. The molecule has 0 unspecified atom stereocenters. The molecule has 1 aliphatic heterocycles. The minimum Gasteiger partial charge on any atom is -0.382 e. The molecule has 1 atom stereocenters. The number of hydrogen-bond donors (Lipinski definition) is 2. The number of rotatable bonds is 9. The van der Waals surface area contributed by atoms with Crippen molar-refractivity contribution < 1.29 is 9.47 Å². The number of benzene rings is 1. The molecule has 2 heterocycles. The fourth-order valence-electron chi connectivity index (χ4n) is 3.93. The quantitative estimate of drug-likeness (QED) is 0.468. The van der Waals surface area contributed by atoms with Crippen molar-refractivity contribution in [3.8, 4) is 0 Å². The Balaban J connectivity index is 1.76. The fourth-order valence-corrected chi connectivity index (χ4v) is 4.18. The van der Waals surface area contributed by atoms with Crippen LogP contribution in [0.2, 0.25) is 0 Å². The van der Waals surface area contributed by atoms with Crippen molar-refractivity contribution in [1.82, 2.24) is 15.2 Å². The lowest BCUT2D eigenvalue weighted by atomic mass is 10.1. The predicted molar refractivity (Wildman–Crippen MR) is 125 cm³/mol.